The van der Waals surface area contributed by atoms with Gasteiger partial charge in [0, 0.05) is 5.88 Å². The molecule has 2 N–H and O–H groups in total. The van der Waals surface area contributed by atoms with Gasteiger partial charge in [0.15, 0.2) is 0 Å². The van der Waals surface area contributed by atoms with Crippen LogP contribution >= 0.6 is 11.6 Å². The van der Waals surface area contributed by atoms with Gasteiger partial charge in [-0.05, 0) is 42.3 Å². The molecule has 10 heteroatoms. The number of rotatable bonds is 9. The number of phenolic OH excluding ortho intramolecular Hbond substituents is 1. The van der Waals surface area contributed by atoms with E-state index in [1.165, 1.54) is 12.1 Å². The van der Waals surface area contributed by atoms with Gasteiger partial charge in [-0.2, -0.15) is 0 Å². The van der Waals surface area contributed by atoms with Gasteiger partial charge in [-0.3, -0.25) is 0 Å². The van der Waals surface area contributed by atoms with Gasteiger partial charge in [-0.1, -0.05) is 137 Å². The third-order valence-electron chi connectivity index (χ3n) is 4.43. The number of aromatic hydroxyl groups is 1. The van der Waals surface area contributed by atoms with Gasteiger partial charge in [0.2, 0.25) is 0 Å². The second-order valence-corrected chi connectivity index (χ2v) is 8.01. The second kappa shape index (κ2) is 50.0. The van der Waals surface area contributed by atoms with Gasteiger partial charge >= 0.3 is 88.7 Å². The summed E-state index contributed by atoms with van der Waals surface area (Å²) in [6.07, 6.45) is 7.60. The number of halogens is 2. The molecule has 4 aromatic rings. The standard InChI is InChI=1S/3C9H10O.C6H6O.C3H5Cl.2CH4.ClH.3Na.H2O/c2*1-2-8-10-9-6-4-3-5-7-9;1-2-5-8-6-3-4-7-9(8)10;7-6-4-2-1-3-5-6;1-2-3-4;;;;;;;/h2*2-7H,1,8H2;2-4,6-7,10H,1,5H2;1-5,7H;2H,1,3H2;2*1H4;1H;;;;1H2/q;;;;;;;;3*+1;/p-3. The van der Waals surface area contributed by atoms with E-state index in [4.69, 9.17) is 21.1 Å². The summed E-state index contributed by atoms with van der Waals surface area (Å²) >= 11 is 5.07. The molecule has 0 saturated heterocycles. The predicted molar refractivity (Wildman–Crippen MR) is 188 cm³/mol. The topological polar surface area (TPSA) is 91.8 Å². The van der Waals surface area contributed by atoms with Crippen molar-refractivity contribution >= 4 is 11.6 Å². The molecule has 0 amide bonds. The number of allylic oxidation sites excluding steroid dienone is 2. The first-order valence-corrected chi connectivity index (χ1v) is 13.4. The summed E-state index contributed by atoms with van der Waals surface area (Å²) in [6, 6.07) is 35.0. The molecule has 0 saturated carbocycles. The quantitative estimate of drug-likeness (QED) is 0.122. The zero-order valence-corrected chi connectivity index (χ0v) is 34.8. The number of hydrogen-bond donors (Lipinski definition) is 1. The maximum Gasteiger partial charge on any atom is 1.00 e. The Morgan fingerprint density at radius 2 is 0.917 bits per heavy atom. The molecule has 0 bridgehead atoms. The van der Waals surface area contributed by atoms with Crippen LogP contribution in [0.2, 0.25) is 0 Å². The number of phenols is 1. The van der Waals surface area contributed by atoms with Crippen LogP contribution in [0.15, 0.2) is 166 Å². The van der Waals surface area contributed by atoms with Crippen LogP contribution < -0.4 is 116 Å². The Morgan fingerprint density at radius 3 is 1.19 bits per heavy atom. The molecular formula is C38H49Cl2Na3O5. The van der Waals surface area contributed by atoms with E-state index >= 15 is 0 Å². The van der Waals surface area contributed by atoms with Crippen molar-refractivity contribution in [1.29, 1.82) is 0 Å². The predicted octanol–water partition coefficient (Wildman–Crippen LogP) is -2.09. The molecule has 0 atom stereocenters. The first kappa shape index (κ1) is 65.0. The molecule has 0 unspecified atom stereocenters. The van der Waals surface area contributed by atoms with Crippen LogP contribution in [-0.4, -0.2) is 29.7 Å². The molecule has 48 heavy (non-hydrogen) atoms. The van der Waals surface area contributed by atoms with Crippen molar-refractivity contribution in [3.8, 4) is 23.0 Å². The normalized spacial score (nSPS) is 7.35. The average molecular weight is 726 g/mol. The van der Waals surface area contributed by atoms with Crippen molar-refractivity contribution in [3.63, 3.8) is 0 Å². The van der Waals surface area contributed by atoms with E-state index in [2.05, 4.69) is 26.3 Å². The molecular weight excluding hydrogens is 676 g/mol. The average Bonchev–Trinajstić information content (AvgIpc) is 3.03. The fraction of sp³-hybridized carbons (Fsp3) is 0.158. The Kier molecular flexibility index (Phi) is 67.7. The first-order chi connectivity index (χ1) is 20.0. The smallest absolute Gasteiger partial charge is 1.00 e. The molecule has 0 heterocycles. The number of ether oxygens (including phenoxy) is 2. The van der Waals surface area contributed by atoms with Gasteiger partial charge in [0.05, 0.1) is 0 Å². The Labute approximate surface area is 368 Å². The minimum Gasteiger partial charge on any atom is -1.00 e. The van der Waals surface area contributed by atoms with Crippen LogP contribution in [0.3, 0.4) is 0 Å². The van der Waals surface area contributed by atoms with E-state index in [9.17, 15) is 10.2 Å². The minimum atomic E-state index is 0. The summed E-state index contributed by atoms with van der Waals surface area (Å²) < 4.78 is 10.5. The molecule has 4 aromatic carbocycles. The molecule has 4 rings (SSSR count). The zero-order chi connectivity index (χ0) is 30.4. The molecule has 0 spiro atoms. The monoisotopic (exact) mass is 724 g/mol. The summed E-state index contributed by atoms with van der Waals surface area (Å²) in [7, 11) is 0. The van der Waals surface area contributed by atoms with E-state index in [0.29, 0.717) is 24.8 Å². The van der Waals surface area contributed by atoms with Crippen molar-refractivity contribution < 1.29 is 126 Å². The molecule has 248 valence electrons. The minimum absolute atomic E-state index is 0. The van der Waals surface area contributed by atoms with Crippen LogP contribution in [0.1, 0.15) is 20.4 Å². The second-order valence-electron chi connectivity index (χ2n) is 7.70. The van der Waals surface area contributed by atoms with Crippen LogP contribution in [0.4, 0.5) is 0 Å². The van der Waals surface area contributed by atoms with Crippen molar-refractivity contribution in [2.45, 2.75) is 21.3 Å². The molecule has 0 fully saturated rings. The fourth-order valence-electron chi connectivity index (χ4n) is 2.60. The van der Waals surface area contributed by atoms with Gasteiger partial charge in [0.25, 0.3) is 0 Å². The maximum absolute atomic E-state index is 10.3. The third-order valence-corrected chi connectivity index (χ3v) is 4.65. The summed E-state index contributed by atoms with van der Waals surface area (Å²) in [5.74, 6) is 2.76. The van der Waals surface area contributed by atoms with Crippen LogP contribution in [-0.2, 0) is 6.42 Å². The maximum atomic E-state index is 10.3. The van der Waals surface area contributed by atoms with E-state index in [0.717, 1.165) is 23.5 Å². The SMILES string of the molecule is C.C.C=CCCl.C=CCOc1ccccc1.C=CCOc1ccccc1.C=CCc1ccccc1O.[Cl-].[Na+].[Na+].[Na+].[O-]c1ccccc1.[OH-]. The molecule has 0 aliphatic carbocycles. The number of para-hydroxylation sites is 4. The van der Waals surface area contributed by atoms with Crippen molar-refractivity contribution in [2.24, 2.45) is 0 Å². The first-order valence-electron chi connectivity index (χ1n) is 12.9. The summed E-state index contributed by atoms with van der Waals surface area (Å²) in [5.41, 5.74) is 0.928. The summed E-state index contributed by atoms with van der Waals surface area (Å²) in [4.78, 5) is 0. The van der Waals surface area contributed by atoms with Gasteiger partial charge in [0.1, 0.15) is 30.5 Å². The summed E-state index contributed by atoms with van der Waals surface area (Å²) in [6.45, 7) is 15.2. The third kappa shape index (κ3) is 40.8. The van der Waals surface area contributed by atoms with Gasteiger partial charge in [-0.25, -0.2) is 0 Å². The molecule has 0 radical (unpaired) electrons. The Balaban J connectivity index is -0.0000000686. The fourth-order valence-corrected chi connectivity index (χ4v) is 2.60. The van der Waals surface area contributed by atoms with Crippen LogP contribution in [0.5, 0.6) is 23.0 Å². The summed E-state index contributed by atoms with van der Waals surface area (Å²) in [5, 5.41) is 19.5. The largest absolute Gasteiger partial charge is 1.00 e. The molecule has 0 aromatic heterocycles. The Hall–Kier alpha value is -1.42. The molecule has 0 aliphatic rings. The van der Waals surface area contributed by atoms with Crippen LogP contribution in [0.25, 0.3) is 0 Å². The van der Waals surface area contributed by atoms with E-state index in [1.54, 1.807) is 42.5 Å². The Bertz CT molecular complexity index is 1160. The number of benzene rings is 4. The number of hydrogen-bond acceptors (Lipinski definition) is 5. The molecule has 0 aliphatic heterocycles. The molecule has 5 nitrogen and oxygen atoms in total. The Morgan fingerprint density at radius 1 is 0.583 bits per heavy atom. The van der Waals surface area contributed by atoms with Gasteiger partial charge < -0.3 is 37.6 Å². The van der Waals surface area contributed by atoms with E-state index in [-0.39, 0.29) is 127 Å². The van der Waals surface area contributed by atoms with Crippen LogP contribution in [0, 0.1) is 0 Å². The van der Waals surface area contributed by atoms with Crippen molar-refractivity contribution in [1.82, 2.24) is 0 Å². The van der Waals surface area contributed by atoms with Crippen molar-refractivity contribution in [2.75, 3.05) is 19.1 Å². The van der Waals surface area contributed by atoms with E-state index < -0.39 is 0 Å². The zero-order valence-electron chi connectivity index (χ0n) is 27.3. The van der Waals surface area contributed by atoms with E-state index in [1.807, 2.05) is 84.9 Å². The van der Waals surface area contributed by atoms with Crippen molar-refractivity contribution in [3.05, 3.63) is 171 Å². The number of alkyl halides is 1. The van der Waals surface area contributed by atoms with Gasteiger partial charge in [-0.15, -0.1) is 30.5 Å².